The van der Waals surface area contributed by atoms with Crippen molar-refractivity contribution in [2.75, 3.05) is 6.26 Å². The van der Waals surface area contributed by atoms with Crippen molar-refractivity contribution in [1.82, 2.24) is 0 Å². The van der Waals surface area contributed by atoms with Gasteiger partial charge in [-0.2, -0.15) is 11.8 Å². The molecule has 0 saturated heterocycles. The van der Waals surface area contributed by atoms with Crippen molar-refractivity contribution in [1.29, 1.82) is 0 Å². The summed E-state index contributed by atoms with van der Waals surface area (Å²) in [6.45, 7) is 0. The fraction of sp³-hybridized carbons (Fsp3) is 0.364. The lowest BCUT2D eigenvalue weighted by Gasteiger charge is -2.10. The summed E-state index contributed by atoms with van der Waals surface area (Å²) >= 11 is 7.43. The van der Waals surface area contributed by atoms with Gasteiger partial charge in [0.05, 0.1) is 4.75 Å². The van der Waals surface area contributed by atoms with Crippen molar-refractivity contribution in [3.8, 4) is 0 Å². The molecule has 14 heavy (non-hydrogen) atoms. The molecular formula is C11H11ClOS. The van der Waals surface area contributed by atoms with Crippen LogP contribution in [0.4, 0.5) is 0 Å². The zero-order valence-corrected chi connectivity index (χ0v) is 9.49. The predicted octanol–water partition coefficient (Wildman–Crippen LogP) is 3.42. The van der Waals surface area contributed by atoms with E-state index >= 15 is 0 Å². The summed E-state index contributed by atoms with van der Waals surface area (Å²) in [5, 5.41) is 0.676. The van der Waals surface area contributed by atoms with E-state index in [1.165, 1.54) is 0 Å². The number of rotatable bonds is 3. The quantitative estimate of drug-likeness (QED) is 0.735. The third-order valence-electron chi connectivity index (χ3n) is 2.62. The molecule has 1 aliphatic carbocycles. The first-order valence-corrected chi connectivity index (χ1v) is 6.14. The topological polar surface area (TPSA) is 17.1 Å². The van der Waals surface area contributed by atoms with Gasteiger partial charge < -0.3 is 0 Å². The van der Waals surface area contributed by atoms with Crippen LogP contribution in [0.2, 0.25) is 5.02 Å². The number of hydrogen-bond acceptors (Lipinski definition) is 2. The standard InChI is InChI=1S/C11H11ClOS/c1-14-11(6-7-11)10(13)8-2-4-9(12)5-3-8/h2-5H,6-7H2,1H3. The Morgan fingerprint density at radius 1 is 1.36 bits per heavy atom. The fourth-order valence-electron chi connectivity index (χ4n) is 1.50. The van der Waals surface area contributed by atoms with Crippen LogP contribution in [-0.4, -0.2) is 16.8 Å². The van der Waals surface area contributed by atoms with Crippen LogP contribution in [0.3, 0.4) is 0 Å². The normalized spacial score (nSPS) is 17.9. The molecule has 0 N–H and O–H groups in total. The van der Waals surface area contributed by atoms with Crippen LogP contribution in [-0.2, 0) is 0 Å². The van der Waals surface area contributed by atoms with Crippen LogP contribution in [0, 0.1) is 0 Å². The van der Waals surface area contributed by atoms with Crippen molar-refractivity contribution >= 4 is 29.1 Å². The van der Waals surface area contributed by atoms with Gasteiger partial charge in [-0.25, -0.2) is 0 Å². The first-order valence-electron chi connectivity index (χ1n) is 4.53. The number of hydrogen-bond donors (Lipinski definition) is 0. The summed E-state index contributed by atoms with van der Waals surface area (Å²) in [6.07, 6.45) is 4.02. The highest BCUT2D eigenvalue weighted by Gasteiger charge is 2.49. The monoisotopic (exact) mass is 226 g/mol. The molecule has 0 unspecified atom stereocenters. The molecule has 0 radical (unpaired) electrons. The zero-order chi connectivity index (χ0) is 10.2. The lowest BCUT2D eigenvalue weighted by molar-refractivity contribution is 0.0981. The maximum Gasteiger partial charge on any atom is 0.178 e. The fourth-order valence-corrected chi connectivity index (χ4v) is 2.44. The Morgan fingerprint density at radius 2 is 1.93 bits per heavy atom. The number of carbonyl (C=O) groups excluding carboxylic acids is 1. The molecule has 1 aliphatic rings. The number of carbonyl (C=O) groups is 1. The van der Waals surface area contributed by atoms with Crippen LogP contribution in [0.5, 0.6) is 0 Å². The van der Waals surface area contributed by atoms with Crippen LogP contribution in [0.25, 0.3) is 0 Å². The smallest absolute Gasteiger partial charge is 0.178 e. The number of halogens is 1. The van der Waals surface area contributed by atoms with Gasteiger partial charge in [-0.15, -0.1) is 0 Å². The molecule has 0 spiro atoms. The van der Waals surface area contributed by atoms with E-state index in [0.717, 1.165) is 18.4 Å². The Morgan fingerprint density at radius 3 is 2.36 bits per heavy atom. The highest BCUT2D eigenvalue weighted by atomic mass is 35.5. The molecule has 0 amide bonds. The van der Waals surface area contributed by atoms with Crippen LogP contribution < -0.4 is 0 Å². The maximum absolute atomic E-state index is 12.0. The largest absolute Gasteiger partial charge is 0.293 e. The second-order valence-electron chi connectivity index (χ2n) is 3.53. The minimum Gasteiger partial charge on any atom is -0.293 e. The molecule has 0 atom stereocenters. The Balaban J connectivity index is 2.23. The summed E-state index contributed by atoms with van der Waals surface area (Å²) < 4.78 is -0.117. The summed E-state index contributed by atoms with van der Waals surface area (Å²) in [4.78, 5) is 12.0. The average molecular weight is 227 g/mol. The van der Waals surface area contributed by atoms with E-state index in [1.807, 2.05) is 6.26 Å². The molecule has 1 saturated carbocycles. The second kappa shape index (κ2) is 3.59. The molecule has 1 aromatic carbocycles. The van der Waals surface area contributed by atoms with E-state index in [9.17, 15) is 4.79 Å². The summed E-state index contributed by atoms with van der Waals surface area (Å²) in [5.41, 5.74) is 0.779. The molecule has 0 heterocycles. The van der Waals surface area contributed by atoms with Gasteiger partial charge >= 0.3 is 0 Å². The molecule has 0 aliphatic heterocycles. The van der Waals surface area contributed by atoms with Crippen LogP contribution in [0.15, 0.2) is 24.3 Å². The van der Waals surface area contributed by atoms with Crippen molar-refractivity contribution in [3.63, 3.8) is 0 Å². The molecule has 0 aromatic heterocycles. The van der Waals surface area contributed by atoms with Crippen LogP contribution in [0.1, 0.15) is 23.2 Å². The van der Waals surface area contributed by atoms with Gasteiger partial charge in [-0.1, -0.05) is 11.6 Å². The summed E-state index contributed by atoms with van der Waals surface area (Å²) in [6, 6.07) is 7.15. The Hall–Kier alpha value is -0.470. The van der Waals surface area contributed by atoms with Gasteiger partial charge in [0.2, 0.25) is 0 Å². The van der Waals surface area contributed by atoms with E-state index < -0.39 is 0 Å². The van der Waals surface area contributed by atoms with E-state index in [-0.39, 0.29) is 10.5 Å². The van der Waals surface area contributed by atoms with Gasteiger partial charge in [0, 0.05) is 10.6 Å². The SMILES string of the molecule is CSC1(C(=O)c2ccc(Cl)cc2)CC1. The second-order valence-corrected chi connectivity index (χ2v) is 5.16. The molecule has 74 valence electrons. The molecular weight excluding hydrogens is 216 g/mol. The molecule has 0 bridgehead atoms. The third kappa shape index (κ3) is 1.69. The van der Waals surface area contributed by atoms with Gasteiger partial charge in [-0.05, 0) is 43.4 Å². The highest BCUT2D eigenvalue weighted by molar-refractivity contribution is 8.01. The molecule has 3 heteroatoms. The number of Topliss-reactive ketones (excluding diaryl/α,β-unsaturated/α-hetero) is 1. The molecule has 1 nitrogen and oxygen atoms in total. The van der Waals surface area contributed by atoms with Crippen molar-refractivity contribution in [2.24, 2.45) is 0 Å². The number of ketones is 1. The van der Waals surface area contributed by atoms with E-state index in [4.69, 9.17) is 11.6 Å². The van der Waals surface area contributed by atoms with Gasteiger partial charge in [0.1, 0.15) is 0 Å². The lowest BCUT2D eigenvalue weighted by Crippen LogP contribution is -2.18. The Bertz CT molecular complexity index is 354. The average Bonchev–Trinajstić information content (AvgIpc) is 2.99. The van der Waals surface area contributed by atoms with Gasteiger partial charge in [0.25, 0.3) is 0 Å². The molecule has 1 aromatic rings. The minimum absolute atomic E-state index is 0.117. The maximum atomic E-state index is 12.0. The lowest BCUT2D eigenvalue weighted by atomic mass is 10.1. The molecule has 2 rings (SSSR count). The Labute approximate surface area is 92.8 Å². The summed E-state index contributed by atoms with van der Waals surface area (Å²) in [5.74, 6) is 0.252. The molecule has 1 fully saturated rings. The van der Waals surface area contributed by atoms with Gasteiger partial charge in [-0.3, -0.25) is 4.79 Å². The van der Waals surface area contributed by atoms with Crippen molar-refractivity contribution in [3.05, 3.63) is 34.9 Å². The van der Waals surface area contributed by atoms with E-state index in [0.29, 0.717) is 5.02 Å². The Kier molecular flexibility index (Phi) is 2.58. The first-order chi connectivity index (χ1) is 6.68. The zero-order valence-electron chi connectivity index (χ0n) is 7.92. The van der Waals surface area contributed by atoms with E-state index in [2.05, 4.69) is 0 Å². The number of benzene rings is 1. The van der Waals surface area contributed by atoms with Gasteiger partial charge in [0.15, 0.2) is 5.78 Å². The highest BCUT2D eigenvalue weighted by Crippen LogP contribution is 2.49. The van der Waals surface area contributed by atoms with E-state index in [1.54, 1.807) is 36.0 Å². The van der Waals surface area contributed by atoms with Crippen LogP contribution >= 0.6 is 23.4 Å². The van der Waals surface area contributed by atoms with Crippen molar-refractivity contribution in [2.45, 2.75) is 17.6 Å². The minimum atomic E-state index is -0.117. The van der Waals surface area contributed by atoms with Crippen molar-refractivity contribution < 1.29 is 4.79 Å². The summed E-state index contributed by atoms with van der Waals surface area (Å²) in [7, 11) is 0. The number of thioether (sulfide) groups is 1. The predicted molar refractivity (Wildman–Crippen MR) is 61.3 cm³/mol. The first kappa shape index (κ1) is 10.1. The third-order valence-corrected chi connectivity index (χ3v) is 4.24.